The molecule has 0 aliphatic carbocycles. The molecule has 0 unspecified atom stereocenters. The van der Waals surface area contributed by atoms with Crippen LogP contribution in [0, 0.1) is 0 Å². The van der Waals surface area contributed by atoms with E-state index in [0.29, 0.717) is 0 Å². The molecular formula is C9H13F2NO. The summed E-state index contributed by atoms with van der Waals surface area (Å²) in [6.45, 7) is 4.62. The van der Waals surface area contributed by atoms with E-state index in [1.165, 1.54) is 0 Å². The minimum absolute atomic E-state index is 0.101. The second-order valence-electron chi connectivity index (χ2n) is 2.95. The van der Waals surface area contributed by atoms with Crippen molar-refractivity contribution in [2.24, 2.45) is 0 Å². The first kappa shape index (κ1) is 10.2. The van der Waals surface area contributed by atoms with Crippen molar-refractivity contribution in [3.05, 3.63) is 24.5 Å². The lowest BCUT2D eigenvalue weighted by Gasteiger charge is -2.23. The van der Waals surface area contributed by atoms with Crippen LogP contribution in [0.5, 0.6) is 0 Å². The summed E-state index contributed by atoms with van der Waals surface area (Å²) in [5.41, 5.74) is 0. The van der Waals surface area contributed by atoms with Gasteiger partial charge in [0.05, 0.1) is 0 Å². The molecule has 0 amide bonds. The van der Waals surface area contributed by atoms with Gasteiger partial charge in [-0.05, 0) is 25.9 Å². The van der Waals surface area contributed by atoms with E-state index in [0.717, 1.165) is 25.9 Å². The van der Waals surface area contributed by atoms with E-state index in [4.69, 9.17) is 4.74 Å². The molecule has 0 spiro atoms. The quantitative estimate of drug-likeness (QED) is 0.542. The second kappa shape index (κ2) is 4.97. The molecule has 1 heterocycles. The predicted octanol–water partition coefficient (Wildman–Crippen LogP) is 2.05. The van der Waals surface area contributed by atoms with Crippen LogP contribution in [0.1, 0.15) is 12.8 Å². The molecule has 1 aliphatic rings. The zero-order valence-electron chi connectivity index (χ0n) is 7.35. The number of piperidine rings is 1. The third-order valence-corrected chi connectivity index (χ3v) is 1.95. The van der Waals surface area contributed by atoms with Crippen molar-refractivity contribution in [1.82, 2.24) is 5.32 Å². The highest BCUT2D eigenvalue weighted by atomic mass is 19.1. The number of allylic oxidation sites excluding steroid dienone is 1. The molecule has 1 fully saturated rings. The maximum absolute atomic E-state index is 12.5. The minimum Gasteiger partial charge on any atom is -0.485 e. The first-order valence-electron chi connectivity index (χ1n) is 4.26. The monoisotopic (exact) mass is 189 g/mol. The van der Waals surface area contributed by atoms with Gasteiger partial charge < -0.3 is 10.1 Å². The van der Waals surface area contributed by atoms with Crippen LogP contribution < -0.4 is 5.32 Å². The summed E-state index contributed by atoms with van der Waals surface area (Å²) in [5, 5.41) is 3.13. The van der Waals surface area contributed by atoms with Crippen LogP contribution in [0.15, 0.2) is 24.5 Å². The highest BCUT2D eigenvalue weighted by molar-refractivity contribution is 5.13. The molecule has 4 heteroatoms. The Hall–Kier alpha value is -0.900. The van der Waals surface area contributed by atoms with E-state index >= 15 is 0 Å². The zero-order valence-corrected chi connectivity index (χ0v) is 7.35. The summed E-state index contributed by atoms with van der Waals surface area (Å²) in [6.07, 6.45) is 1.55. The molecule has 0 radical (unpaired) electrons. The summed E-state index contributed by atoms with van der Waals surface area (Å²) in [7, 11) is 0. The summed E-state index contributed by atoms with van der Waals surface area (Å²) in [4.78, 5) is 0. The summed E-state index contributed by atoms with van der Waals surface area (Å²) in [5.74, 6) is -1.24. The Kier molecular flexibility index (Phi) is 3.89. The Morgan fingerprint density at radius 1 is 1.46 bits per heavy atom. The summed E-state index contributed by atoms with van der Waals surface area (Å²) < 4.78 is 29.6. The fraction of sp³-hybridized carbons (Fsp3) is 0.556. The molecule has 1 rings (SSSR count). The van der Waals surface area contributed by atoms with Crippen molar-refractivity contribution < 1.29 is 13.5 Å². The van der Waals surface area contributed by atoms with Gasteiger partial charge in [-0.15, -0.1) is 0 Å². The van der Waals surface area contributed by atoms with E-state index in [2.05, 4.69) is 11.9 Å². The van der Waals surface area contributed by atoms with E-state index in [9.17, 15) is 8.78 Å². The topological polar surface area (TPSA) is 21.3 Å². The van der Waals surface area contributed by atoms with Crippen molar-refractivity contribution in [3.63, 3.8) is 0 Å². The minimum atomic E-state index is -0.860. The third kappa shape index (κ3) is 3.14. The Labute approximate surface area is 76.3 Å². The maximum Gasteiger partial charge on any atom is 0.182 e. The third-order valence-electron chi connectivity index (χ3n) is 1.95. The van der Waals surface area contributed by atoms with Crippen LogP contribution >= 0.6 is 0 Å². The highest BCUT2D eigenvalue weighted by Gasteiger charge is 2.16. The molecule has 0 bridgehead atoms. The summed E-state index contributed by atoms with van der Waals surface area (Å²) >= 11 is 0. The van der Waals surface area contributed by atoms with Crippen molar-refractivity contribution in [1.29, 1.82) is 0 Å². The van der Waals surface area contributed by atoms with Crippen LogP contribution in [0.3, 0.4) is 0 Å². The molecule has 2 nitrogen and oxygen atoms in total. The normalized spacial score (nSPS) is 20.0. The first-order valence-corrected chi connectivity index (χ1v) is 4.26. The Morgan fingerprint density at radius 3 is 2.54 bits per heavy atom. The average Bonchev–Trinajstić information content (AvgIpc) is 2.15. The fourth-order valence-electron chi connectivity index (χ4n) is 1.24. The number of hydrogen-bond acceptors (Lipinski definition) is 2. The zero-order chi connectivity index (χ0) is 9.68. The molecule has 0 saturated carbocycles. The van der Waals surface area contributed by atoms with Crippen LogP contribution in [-0.4, -0.2) is 19.2 Å². The molecular weight excluding hydrogens is 176 g/mol. The van der Waals surface area contributed by atoms with Gasteiger partial charge in [-0.2, -0.15) is 0 Å². The molecule has 0 aromatic carbocycles. The largest absolute Gasteiger partial charge is 0.485 e. The molecule has 0 aromatic rings. The SMILES string of the molecule is C=C(F)C(=CF)OC1CCNCC1. The molecule has 74 valence electrons. The molecule has 1 N–H and O–H groups in total. The molecule has 13 heavy (non-hydrogen) atoms. The van der Waals surface area contributed by atoms with Crippen molar-refractivity contribution >= 4 is 0 Å². The smallest absolute Gasteiger partial charge is 0.182 e. The van der Waals surface area contributed by atoms with Gasteiger partial charge in [-0.1, -0.05) is 6.58 Å². The predicted molar refractivity (Wildman–Crippen MR) is 46.4 cm³/mol. The highest BCUT2D eigenvalue weighted by Crippen LogP contribution is 2.18. The maximum atomic E-state index is 12.5. The van der Waals surface area contributed by atoms with E-state index in [1.807, 2.05) is 0 Å². The van der Waals surface area contributed by atoms with Crippen molar-refractivity contribution in [3.8, 4) is 0 Å². The number of rotatable bonds is 3. The molecule has 1 saturated heterocycles. The van der Waals surface area contributed by atoms with Crippen LogP contribution in [0.4, 0.5) is 8.78 Å². The number of nitrogens with one attached hydrogen (secondary N) is 1. The van der Waals surface area contributed by atoms with E-state index < -0.39 is 5.83 Å². The Balaban J connectivity index is 2.41. The van der Waals surface area contributed by atoms with Crippen LogP contribution in [0.2, 0.25) is 0 Å². The lowest BCUT2D eigenvalue weighted by molar-refractivity contribution is 0.0852. The average molecular weight is 189 g/mol. The van der Waals surface area contributed by atoms with E-state index in [-0.39, 0.29) is 18.2 Å². The number of ether oxygens (including phenoxy) is 1. The summed E-state index contributed by atoms with van der Waals surface area (Å²) in [6, 6.07) is 0. The van der Waals surface area contributed by atoms with Gasteiger partial charge in [0.15, 0.2) is 11.6 Å². The molecule has 0 aromatic heterocycles. The van der Waals surface area contributed by atoms with E-state index in [1.54, 1.807) is 0 Å². The van der Waals surface area contributed by atoms with Gasteiger partial charge in [-0.3, -0.25) is 0 Å². The van der Waals surface area contributed by atoms with Crippen molar-refractivity contribution in [2.75, 3.05) is 13.1 Å². The van der Waals surface area contributed by atoms with Crippen LogP contribution in [-0.2, 0) is 4.74 Å². The first-order chi connectivity index (χ1) is 6.24. The number of halogens is 2. The standard InChI is InChI=1S/C9H13F2NO/c1-7(11)9(6-10)13-8-2-4-12-5-3-8/h6,8,12H,1-5H2. The van der Waals surface area contributed by atoms with Gasteiger partial charge in [-0.25, -0.2) is 8.78 Å². The lowest BCUT2D eigenvalue weighted by atomic mass is 10.1. The van der Waals surface area contributed by atoms with Gasteiger partial charge in [0.2, 0.25) is 0 Å². The Bertz CT molecular complexity index is 210. The van der Waals surface area contributed by atoms with Crippen LogP contribution in [0.25, 0.3) is 0 Å². The fourth-order valence-corrected chi connectivity index (χ4v) is 1.24. The van der Waals surface area contributed by atoms with Crippen molar-refractivity contribution in [2.45, 2.75) is 18.9 Å². The van der Waals surface area contributed by atoms with Gasteiger partial charge in [0.1, 0.15) is 12.4 Å². The lowest BCUT2D eigenvalue weighted by Crippen LogP contribution is -2.32. The van der Waals surface area contributed by atoms with Gasteiger partial charge in [0.25, 0.3) is 0 Å². The van der Waals surface area contributed by atoms with Gasteiger partial charge >= 0.3 is 0 Å². The van der Waals surface area contributed by atoms with Gasteiger partial charge in [0, 0.05) is 0 Å². The number of hydrogen-bond donors (Lipinski definition) is 1. The second-order valence-corrected chi connectivity index (χ2v) is 2.95. The molecule has 0 atom stereocenters. The molecule has 1 aliphatic heterocycles. The Morgan fingerprint density at radius 2 is 2.08 bits per heavy atom.